The van der Waals surface area contributed by atoms with Crippen molar-refractivity contribution in [2.24, 2.45) is 5.73 Å². The Kier molecular flexibility index (Phi) is 3.88. The maximum absolute atomic E-state index is 10.1. The third kappa shape index (κ3) is 3.04. The summed E-state index contributed by atoms with van der Waals surface area (Å²) >= 11 is 5.23. The quantitative estimate of drug-likeness (QED) is 0.818. The van der Waals surface area contributed by atoms with E-state index in [1.807, 2.05) is 6.92 Å². The molecule has 1 aromatic rings. The molecule has 0 unspecified atom stereocenters. The highest BCUT2D eigenvalue weighted by molar-refractivity contribution is 7.80. The molecule has 1 aliphatic carbocycles. The molecule has 3 N–H and O–H groups in total. The van der Waals surface area contributed by atoms with Gasteiger partial charge in [-0.15, -0.1) is 0 Å². The van der Waals surface area contributed by atoms with Gasteiger partial charge in [-0.3, -0.25) is 0 Å². The van der Waals surface area contributed by atoms with Crippen LogP contribution in [0.25, 0.3) is 0 Å². The molecule has 3 rings (SSSR count). The number of pyridine rings is 1. The first-order valence-electron chi connectivity index (χ1n) is 7.76. The van der Waals surface area contributed by atoms with Crippen LogP contribution < -0.4 is 10.6 Å². The molecule has 1 aromatic heterocycles. The van der Waals surface area contributed by atoms with Gasteiger partial charge in [-0.2, -0.15) is 0 Å². The van der Waals surface area contributed by atoms with Crippen molar-refractivity contribution in [2.75, 3.05) is 18.0 Å². The Morgan fingerprint density at radius 3 is 2.67 bits per heavy atom. The van der Waals surface area contributed by atoms with E-state index in [4.69, 9.17) is 22.9 Å². The highest BCUT2D eigenvalue weighted by Crippen LogP contribution is 2.30. The lowest BCUT2D eigenvalue weighted by Crippen LogP contribution is -2.43. The zero-order chi connectivity index (χ0) is 15.0. The van der Waals surface area contributed by atoms with Crippen molar-refractivity contribution in [3.05, 3.63) is 22.9 Å². The van der Waals surface area contributed by atoms with Gasteiger partial charge in [0.25, 0.3) is 0 Å². The van der Waals surface area contributed by atoms with Crippen LogP contribution in [0.3, 0.4) is 0 Å². The van der Waals surface area contributed by atoms with E-state index in [-0.39, 0.29) is 0 Å². The first kappa shape index (κ1) is 14.7. The molecule has 2 heterocycles. The second-order valence-electron chi connectivity index (χ2n) is 6.52. The summed E-state index contributed by atoms with van der Waals surface area (Å²) in [6.45, 7) is 3.50. The SMILES string of the molecule is CC1(O)CCN(c2nc3c(cc2C(N)=S)CCCC3)CC1. The minimum absolute atomic E-state index is 0.420. The summed E-state index contributed by atoms with van der Waals surface area (Å²) < 4.78 is 0. The van der Waals surface area contributed by atoms with E-state index in [1.165, 1.54) is 24.1 Å². The second kappa shape index (κ2) is 5.54. The number of fused-ring (bicyclic) bond motifs is 1. The van der Waals surface area contributed by atoms with Crippen LogP contribution in [0.5, 0.6) is 0 Å². The summed E-state index contributed by atoms with van der Waals surface area (Å²) in [5, 5.41) is 10.1. The van der Waals surface area contributed by atoms with E-state index in [1.54, 1.807) is 0 Å². The molecule has 21 heavy (non-hydrogen) atoms. The molecule has 5 heteroatoms. The molecule has 2 aliphatic rings. The van der Waals surface area contributed by atoms with Gasteiger partial charge in [0.05, 0.1) is 11.2 Å². The summed E-state index contributed by atoms with van der Waals surface area (Å²) in [6.07, 6.45) is 6.06. The molecule has 0 saturated carbocycles. The number of anilines is 1. The van der Waals surface area contributed by atoms with E-state index >= 15 is 0 Å². The van der Waals surface area contributed by atoms with Gasteiger partial charge in [-0.05, 0) is 57.1 Å². The molecule has 0 aromatic carbocycles. The smallest absolute Gasteiger partial charge is 0.139 e. The summed E-state index contributed by atoms with van der Waals surface area (Å²) in [5.41, 5.74) is 8.76. The fourth-order valence-corrected chi connectivity index (χ4v) is 3.40. The predicted octanol–water partition coefficient (Wildman–Crippen LogP) is 1.95. The minimum Gasteiger partial charge on any atom is -0.390 e. The van der Waals surface area contributed by atoms with E-state index < -0.39 is 5.60 Å². The standard InChI is InChI=1S/C16H23N3OS/c1-16(20)6-8-19(9-7-16)15-12(14(17)21)10-11-4-2-3-5-13(11)18-15/h10,20H,2-9H2,1H3,(H2,17,21). The highest BCUT2D eigenvalue weighted by Gasteiger charge is 2.30. The Balaban J connectivity index is 1.95. The van der Waals surface area contributed by atoms with Crippen LogP contribution in [-0.2, 0) is 12.8 Å². The molecular formula is C16H23N3OS. The van der Waals surface area contributed by atoms with E-state index in [9.17, 15) is 5.11 Å². The number of nitrogens with two attached hydrogens (primary N) is 1. The molecule has 0 radical (unpaired) electrons. The summed E-state index contributed by atoms with van der Waals surface area (Å²) in [7, 11) is 0. The fraction of sp³-hybridized carbons (Fsp3) is 0.625. The van der Waals surface area contributed by atoms with Gasteiger partial charge in [0.1, 0.15) is 10.8 Å². The lowest BCUT2D eigenvalue weighted by Gasteiger charge is -2.37. The number of aromatic nitrogens is 1. The molecule has 0 bridgehead atoms. The van der Waals surface area contributed by atoms with Gasteiger partial charge in [-0.1, -0.05) is 12.2 Å². The van der Waals surface area contributed by atoms with Crippen molar-refractivity contribution >= 4 is 23.0 Å². The van der Waals surface area contributed by atoms with Crippen molar-refractivity contribution in [3.8, 4) is 0 Å². The van der Waals surface area contributed by atoms with Gasteiger partial charge >= 0.3 is 0 Å². The number of aliphatic hydroxyl groups is 1. The third-order valence-corrected chi connectivity index (χ3v) is 4.91. The third-order valence-electron chi connectivity index (χ3n) is 4.69. The number of rotatable bonds is 2. The van der Waals surface area contributed by atoms with E-state index in [0.717, 1.165) is 50.2 Å². The van der Waals surface area contributed by atoms with Crippen LogP contribution in [0, 0.1) is 0 Å². The highest BCUT2D eigenvalue weighted by atomic mass is 32.1. The molecular weight excluding hydrogens is 282 g/mol. The van der Waals surface area contributed by atoms with Crippen LogP contribution in [0.2, 0.25) is 0 Å². The Morgan fingerprint density at radius 2 is 2.00 bits per heavy atom. The minimum atomic E-state index is -0.561. The molecule has 0 spiro atoms. The molecule has 1 saturated heterocycles. The molecule has 1 fully saturated rings. The lowest BCUT2D eigenvalue weighted by molar-refractivity contribution is 0.0350. The Bertz CT molecular complexity index is 561. The van der Waals surface area contributed by atoms with Crippen LogP contribution in [0.15, 0.2) is 6.07 Å². The van der Waals surface area contributed by atoms with Crippen molar-refractivity contribution in [3.63, 3.8) is 0 Å². The number of hydrogen-bond donors (Lipinski definition) is 2. The van der Waals surface area contributed by atoms with Crippen LogP contribution >= 0.6 is 12.2 Å². The summed E-state index contributed by atoms with van der Waals surface area (Å²) in [6, 6.07) is 2.14. The lowest BCUT2D eigenvalue weighted by atomic mass is 9.92. The first-order chi connectivity index (χ1) is 9.96. The van der Waals surface area contributed by atoms with Crippen molar-refractivity contribution < 1.29 is 5.11 Å². The monoisotopic (exact) mass is 305 g/mol. The van der Waals surface area contributed by atoms with Crippen molar-refractivity contribution in [2.45, 2.75) is 51.0 Å². The largest absolute Gasteiger partial charge is 0.390 e. The molecule has 4 nitrogen and oxygen atoms in total. The zero-order valence-electron chi connectivity index (χ0n) is 12.6. The number of piperidine rings is 1. The van der Waals surface area contributed by atoms with Crippen LogP contribution in [0.4, 0.5) is 5.82 Å². The Hall–Kier alpha value is -1.20. The maximum Gasteiger partial charge on any atom is 0.139 e. The number of nitrogens with zero attached hydrogens (tertiary/aromatic N) is 2. The zero-order valence-corrected chi connectivity index (χ0v) is 13.4. The Labute approximate surface area is 131 Å². The second-order valence-corrected chi connectivity index (χ2v) is 6.96. The number of hydrogen-bond acceptors (Lipinski definition) is 4. The Morgan fingerprint density at radius 1 is 1.33 bits per heavy atom. The molecule has 114 valence electrons. The van der Waals surface area contributed by atoms with E-state index in [2.05, 4.69) is 11.0 Å². The predicted molar refractivity (Wildman–Crippen MR) is 88.8 cm³/mol. The fourth-order valence-electron chi connectivity index (χ4n) is 3.25. The topological polar surface area (TPSA) is 62.4 Å². The van der Waals surface area contributed by atoms with Gasteiger partial charge in [-0.25, -0.2) is 4.98 Å². The maximum atomic E-state index is 10.1. The first-order valence-corrected chi connectivity index (χ1v) is 8.17. The summed E-state index contributed by atoms with van der Waals surface area (Å²) in [5.74, 6) is 0.915. The average molecular weight is 305 g/mol. The van der Waals surface area contributed by atoms with Gasteiger partial charge in [0, 0.05) is 18.8 Å². The summed E-state index contributed by atoms with van der Waals surface area (Å²) in [4.78, 5) is 7.53. The van der Waals surface area contributed by atoms with Crippen molar-refractivity contribution in [1.82, 2.24) is 4.98 Å². The van der Waals surface area contributed by atoms with Gasteiger partial charge in [0.2, 0.25) is 0 Å². The molecule has 1 aliphatic heterocycles. The van der Waals surface area contributed by atoms with Gasteiger partial charge in [0.15, 0.2) is 0 Å². The van der Waals surface area contributed by atoms with Crippen LogP contribution in [-0.4, -0.2) is 33.8 Å². The molecule has 0 atom stereocenters. The molecule has 0 amide bonds. The van der Waals surface area contributed by atoms with Gasteiger partial charge < -0.3 is 15.7 Å². The normalized spacial score (nSPS) is 21.0. The average Bonchev–Trinajstić information content (AvgIpc) is 2.46. The number of aryl methyl sites for hydroxylation is 2. The number of thiocarbonyl (C=S) groups is 1. The van der Waals surface area contributed by atoms with E-state index in [0.29, 0.717) is 4.99 Å². The van der Waals surface area contributed by atoms with Crippen LogP contribution in [0.1, 0.15) is 49.4 Å². The van der Waals surface area contributed by atoms with Crippen molar-refractivity contribution in [1.29, 1.82) is 0 Å².